The predicted molar refractivity (Wildman–Crippen MR) is 56.6 cm³/mol. The number of rotatable bonds is 8. The highest BCUT2D eigenvalue weighted by atomic mass is 16.7. The number of carboxylic acid groups (broad SMARTS) is 1. The molecule has 0 amide bonds. The van der Waals surface area contributed by atoms with Crippen LogP contribution >= 0.6 is 0 Å². The molecule has 3 nitrogen and oxygen atoms in total. The Kier molecular flexibility index (Phi) is 8.39. The Bertz CT molecular complexity index is 145. The summed E-state index contributed by atoms with van der Waals surface area (Å²) in [5, 5.41) is 8.43. The highest BCUT2D eigenvalue weighted by Gasteiger charge is 2.10. The third-order valence-electron chi connectivity index (χ3n) is 2.35. The van der Waals surface area contributed by atoms with Gasteiger partial charge in [-0.1, -0.05) is 39.5 Å². The molecular weight excluding hydrogens is 180 g/mol. The summed E-state index contributed by atoms with van der Waals surface area (Å²) in [4.78, 5) is 10.3. The van der Waals surface area contributed by atoms with Crippen molar-refractivity contribution in [3.05, 3.63) is 0 Å². The molecule has 84 valence electrons. The van der Waals surface area contributed by atoms with Crippen molar-refractivity contribution < 1.29 is 14.6 Å². The summed E-state index contributed by atoms with van der Waals surface area (Å²) in [6.45, 7) is 4.14. The van der Waals surface area contributed by atoms with E-state index in [0.29, 0.717) is 0 Å². The minimum atomic E-state index is -1.15. The highest BCUT2D eigenvalue weighted by Crippen LogP contribution is 2.11. The third kappa shape index (κ3) is 7.90. The lowest BCUT2D eigenvalue weighted by Crippen LogP contribution is -2.15. The maximum atomic E-state index is 10.3. The number of carbonyl (C=O) groups is 1. The Labute approximate surface area is 86.5 Å². The topological polar surface area (TPSA) is 46.5 Å². The zero-order valence-electron chi connectivity index (χ0n) is 9.29. The molecule has 0 aliphatic rings. The Balaban J connectivity index is 3.38. The zero-order chi connectivity index (χ0) is 10.8. The van der Waals surface area contributed by atoms with Crippen LogP contribution in [-0.4, -0.2) is 17.4 Å². The van der Waals surface area contributed by atoms with E-state index in [9.17, 15) is 4.79 Å². The molecule has 0 aromatic heterocycles. The monoisotopic (exact) mass is 202 g/mol. The minimum absolute atomic E-state index is 0.103. The Hall–Kier alpha value is -0.730. The summed E-state index contributed by atoms with van der Waals surface area (Å²) in [5.74, 6) is 0. The Morgan fingerprint density at radius 2 is 1.86 bits per heavy atom. The van der Waals surface area contributed by atoms with Crippen LogP contribution in [0.25, 0.3) is 0 Å². The van der Waals surface area contributed by atoms with Crippen molar-refractivity contribution in [2.75, 3.05) is 0 Å². The van der Waals surface area contributed by atoms with Crippen LogP contribution < -0.4 is 0 Å². The van der Waals surface area contributed by atoms with Crippen molar-refractivity contribution in [1.29, 1.82) is 0 Å². The van der Waals surface area contributed by atoms with Gasteiger partial charge >= 0.3 is 6.16 Å². The molecule has 1 atom stereocenters. The normalized spacial score (nSPS) is 12.4. The molecule has 0 aliphatic heterocycles. The van der Waals surface area contributed by atoms with Gasteiger partial charge in [0.1, 0.15) is 6.10 Å². The van der Waals surface area contributed by atoms with Crippen LogP contribution in [0.1, 0.15) is 58.8 Å². The SMILES string of the molecule is CCCCCCCC(CC)OC(=O)O. The Morgan fingerprint density at radius 1 is 1.21 bits per heavy atom. The van der Waals surface area contributed by atoms with Gasteiger partial charge in [0, 0.05) is 0 Å². The van der Waals surface area contributed by atoms with Gasteiger partial charge in [0.05, 0.1) is 0 Å². The van der Waals surface area contributed by atoms with Crippen molar-refractivity contribution in [1.82, 2.24) is 0 Å². The van der Waals surface area contributed by atoms with Crippen molar-refractivity contribution in [3.8, 4) is 0 Å². The smallest absolute Gasteiger partial charge is 0.450 e. The fourth-order valence-electron chi connectivity index (χ4n) is 1.46. The van der Waals surface area contributed by atoms with Crippen LogP contribution in [0.15, 0.2) is 0 Å². The van der Waals surface area contributed by atoms with Crippen molar-refractivity contribution >= 4 is 6.16 Å². The molecule has 0 saturated carbocycles. The maximum Gasteiger partial charge on any atom is 0.506 e. The van der Waals surface area contributed by atoms with Gasteiger partial charge in [-0.15, -0.1) is 0 Å². The van der Waals surface area contributed by atoms with Crippen molar-refractivity contribution in [3.63, 3.8) is 0 Å². The molecule has 0 bridgehead atoms. The van der Waals surface area contributed by atoms with Gasteiger partial charge in [0.25, 0.3) is 0 Å². The first-order valence-electron chi connectivity index (χ1n) is 5.60. The van der Waals surface area contributed by atoms with Gasteiger partial charge in [-0.25, -0.2) is 4.79 Å². The fourth-order valence-corrected chi connectivity index (χ4v) is 1.46. The first-order chi connectivity index (χ1) is 6.70. The molecule has 0 aliphatic carbocycles. The van der Waals surface area contributed by atoms with E-state index >= 15 is 0 Å². The number of unbranched alkanes of at least 4 members (excludes halogenated alkanes) is 4. The van der Waals surface area contributed by atoms with Crippen molar-refractivity contribution in [2.45, 2.75) is 64.9 Å². The van der Waals surface area contributed by atoms with E-state index in [-0.39, 0.29) is 6.10 Å². The first kappa shape index (κ1) is 13.3. The maximum absolute atomic E-state index is 10.3. The van der Waals surface area contributed by atoms with Crippen molar-refractivity contribution in [2.24, 2.45) is 0 Å². The molecule has 0 spiro atoms. The summed E-state index contributed by atoms with van der Waals surface area (Å²) < 4.78 is 4.72. The zero-order valence-corrected chi connectivity index (χ0v) is 9.29. The molecule has 3 heteroatoms. The molecule has 0 heterocycles. The fraction of sp³-hybridized carbons (Fsp3) is 0.909. The van der Waals surface area contributed by atoms with Gasteiger partial charge < -0.3 is 9.84 Å². The molecule has 1 N–H and O–H groups in total. The molecular formula is C11H22O3. The number of hydrogen-bond donors (Lipinski definition) is 1. The molecule has 0 rings (SSSR count). The molecule has 0 fully saturated rings. The second-order valence-corrected chi connectivity index (χ2v) is 3.62. The summed E-state index contributed by atoms with van der Waals surface area (Å²) in [6, 6.07) is 0. The quantitative estimate of drug-likeness (QED) is 0.480. The summed E-state index contributed by atoms with van der Waals surface area (Å²) >= 11 is 0. The van der Waals surface area contributed by atoms with Gasteiger partial charge in [-0.3, -0.25) is 0 Å². The summed E-state index contributed by atoms with van der Waals surface area (Å²) in [7, 11) is 0. The lowest BCUT2D eigenvalue weighted by molar-refractivity contribution is 0.0454. The molecule has 14 heavy (non-hydrogen) atoms. The molecule has 0 radical (unpaired) electrons. The number of hydrogen-bond acceptors (Lipinski definition) is 2. The standard InChI is InChI=1S/C11H22O3/c1-3-5-6-7-8-9-10(4-2)14-11(12)13/h10H,3-9H2,1-2H3,(H,12,13). The second-order valence-electron chi connectivity index (χ2n) is 3.62. The highest BCUT2D eigenvalue weighted by molar-refractivity contribution is 5.57. The molecule has 0 saturated heterocycles. The van der Waals surface area contributed by atoms with Gasteiger partial charge in [-0.05, 0) is 19.3 Å². The van der Waals surface area contributed by atoms with E-state index in [2.05, 4.69) is 6.92 Å². The van der Waals surface area contributed by atoms with Crippen LogP contribution in [0, 0.1) is 0 Å². The van der Waals surface area contributed by atoms with E-state index < -0.39 is 6.16 Å². The van der Waals surface area contributed by atoms with E-state index in [1.54, 1.807) is 0 Å². The van der Waals surface area contributed by atoms with Crippen LogP contribution in [0.2, 0.25) is 0 Å². The predicted octanol–water partition coefficient (Wildman–Crippen LogP) is 3.82. The average molecular weight is 202 g/mol. The lowest BCUT2D eigenvalue weighted by atomic mass is 10.1. The second kappa shape index (κ2) is 8.85. The van der Waals surface area contributed by atoms with E-state index in [1.807, 2.05) is 6.92 Å². The van der Waals surface area contributed by atoms with Gasteiger partial charge in [0.2, 0.25) is 0 Å². The van der Waals surface area contributed by atoms with Gasteiger partial charge in [-0.2, -0.15) is 0 Å². The summed E-state index contributed by atoms with van der Waals surface area (Å²) in [5.41, 5.74) is 0. The molecule has 1 unspecified atom stereocenters. The van der Waals surface area contributed by atoms with E-state index in [1.165, 1.54) is 25.7 Å². The molecule has 0 aromatic rings. The lowest BCUT2D eigenvalue weighted by Gasteiger charge is -2.13. The Morgan fingerprint density at radius 3 is 2.36 bits per heavy atom. The van der Waals surface area contributed by atoms with E-state index in [4.69, 9.17) is 9.84 Å². The van der Waals surface area contributed by atoms with Crippen LogP contribution in [0.3, 0.4) is 0 Å². The number of ether oxygens (including phenoxy) is 1. The summed E-state index contributed by atoms with van der Waals surface area (Å²) in [6.07, 6.45) is 6.42. The largest absolute Gasteiger partial charge is 0.506 e. The third-order valence-corrected chi connectivity index (χ3v) is 2.35. The first-order valence-corrected chi connectivity index (χ1v) is 5.60. The van der Waals surface area contributed by atoms with Crippen LogP contribution in [0.5, 0.6) is 0 Å². The van der Waals surface area contributed by atoms with Gasteiger partial charge in [0.15, 0.2) is 0 Å². The minimum Gasteiger partial charge on any atom is -0.450 e. The van der Waals surface area contributed by atoms with E-state index in [0.717, 1.165) is 19.3 Å². The molecule has 0 aromatic carbocycles. The average Bonchev–Trinajstić information content (AvgIpc) is 2.15. The van der Waals surface area contributed by atoms with Crippen LogP contribution in [-0.2, 0) is 4.74 Å². The van der Waals surface area contributed by atoms with Crippen LogP contribution in [0.4, 0.5) is 4.79 Å².